The number of fused-ring (bicyclic) bond motifs is 1. The minimum atomic E-state index is -0.000506. The standard InChI is InChI=1S/C22H42N2O5/c1-6-28-18-12-15-16(8-9-23-17(15)13-19(18)29-7-2)24-14-10-20(25-3)22(27-5)21(11-14)26-4/h14-24H,6-13H2,1-5H3/p+1. The first-order valence-electron chi connectivity index (χ1n) is 11.6. The monoisotopic (exact) mass is 415 g/mol. The third-order valence-electron chi connectivity index (χ3n) is 7.29. The molecule has 3 rings (SSSR count). The number of ether oxygens (including phenoxy) is 5. The fourth-order valence-electron chi connectivity index (χ4n) is 5.98. The predicted octanol–water partition coefficient (Wildman–Crippen LogP) is 0.708. The first kappa shape index (κ1) is 23.4. The van der Waals surface area contributed by atoms with Gasteiger partial charge in [0.05, 0.1) is 37.0 Å². The van der Waals surface area contributed by atoms with Crippen molar-refractivity contribution in [3.05, 3.63) is 0 Å². The van der Waals surface area contributed by atoms with Crippen LogP contribution in [0.25, 0.3) is 0 Å². The number of rotatable bonds is 9. The molecule has 2 aliphatic carbocycles. The molecule has 3 N–H and O–H groups in total. The molecular weight excluding hydrogens is 372 g/mol. The van der Waals surface area contributed by atoms with Gasteiger partial charge in [-0.15, -0.1) is 0 Å². The average molecular weight is 416 g/mol. The number of hydrogen-bond donors (Lipinski definition) is 2. The number of methoxy groups -OCH3 is 3. The van der Waals surface area contributed by atoms with Gasteiger partial charge in [-0.05, 0) is 33.1 Å². The van der Waals surface area contributed by atoms with E-state index in [1.54, 1.807) is 21.3 Å². The molecule has 3 aliphatic rings. The third kappa shape index (κ3) is 5.50. The van der Waals surface area contributed by atoms with E-state index in [1.165, 1.54) is 13.0 Å². The van der Waals surface area contributed by atoms with Gasteiger partial charge in [-0.25, -0.2) is 0 Å². The molecule has 0 bridgehead atoms. The first-order valence-corrected chi connectivity index (χ1v) is 11.6. The van der Waals surface area contributed by atoms with Gasteiger partial charge in [0.2, 0.25) is 0 Å². The van der Waals surface area contributed by atoms with Crippen LogP contribution in [0.1, 0.15) is 46.0 Å². The Morgan fingerprint density at radius 2 is 1.41 bits per heavy atom. The molecule has 0 aromatic heterocycles. The molecule has 1 heterocycles. The molecule has 7 heteroatoms. The molecule has 170 valence electrons. The zero-order valence-corrected chi connectivity index (χ0v) is 19.0. The second kappa shape index (κ2) is 11.4. The lowest BCUT2D eigenvalue weighted by Gasteiger charge is -2.47. The average Bonchev–Trinajstić information content (AvgIpc) is 2.74. The van der Waals surface area contributed by atoms with Gasteiger partial charge in [-0.3, -0.25) is 0 Å². The zero-order chi connectivity index (χ0) is 20.8. The second-order valence-electron chi connectivity index (χ2n) is 8.79. The van der Waals surface area contributed by atoms with Crippen LogP contribution < -0.4 is 10.6 Å². The van der Waals surface area contributed by atoms with Crippen molar-refractivity contribution in [3.63, 3.8) is 0 Å². The zero-order valence-electron chi connectivity index (χ0n) is 19.0. The van der Waals surface area contributed by atoms with E-state index in [0.29, 0.717) is 24.0 Å². The lowest BCUT2D eigenvalue weighted by Crippen LogP contribution is -2.96. The van der Waals surface area contributed by atoms with Gasteiger partial charge in [0.25, 0.3) is 0 Å². The topological polar surface area (TPSA) is 74.8 Å². The van der Waals surface area contributed by atoms with Crippen LogP contribution in [0.3, 0.4) is 0 Å². The molecule has 1 aliphatic heterocycles. The van der Waals surface area contributed by atoms with E-state index in [1.807, 2.05) is 0 Å². The minimum Gasteiger partial charge on any atom is -0.379 e. The highest BCUT2D eigenvalue weighted by Crippen LogP contribution is 2.34. The quantitative estimate of drug-likeness (QED) is 0.578. The van der Waals surface area contributed by atoms with Crippen molar-refractivity contribution in [2.24, 2.45) is 5.92 Å². The molecule has 29 heavy (non-hydrogen) atoms. The molecule has 7 atom stereocenters. The Kier molecular flexibility index (Phi) is 9.17. The molecule has 0 radical (unpaired) electrons. The summed E-state index contributed by atoms with van der Waals surface area (Å²) in [6.45, 7) is 6.85. The summed E-state index contributed by atoms with van der Waals surface area (Å²) in [6.07, 6.45) is 5.83. The van der Waals surface area contributed by atoms with Crippen LogP contribution in [-0.4, -0.2) is 89.7 Å². The van der Waals surface area contributed by atoms with Crippen molar-refractivity contribution in [3.8, 4) is 0 Å². The van der Waals surface area contributed by atoms with Crippen LogP contribution in [0.15, 0.2) is 0 Å². The fraction of sp³-hybridized carbons (Fsp3) is 1.00. The third-order valence-corrected chi connectivity index (χ3v) is 7.29. The highest BCUT2D eigenvalue weighted by molar-refractivity contribution is 4.98. The van der Waals surface area contributed by atoms with Crippen LogP contribution in [0.2, 0.25) is 0 Å². The van der Waals surface area contributed by atoms with Crippen LogP contribution in [0, 0.1) is 5.92 Å². The number of piperidine rings is 1. The highest BCUT2D eigenvalue weighted by atomic mass is 16.6. The van der Waals surface area contributed by atoms with E-state index in [0.717, 1.165) is 38.9 Å². The Bertz CT molecular complexity index is 468. The largest absolute Gasteiger partial charge is 0.379 e. The van der Waals surface area contributed by atoms with Gasteiger partial charge in [-0.1, -0.05) is 0 Å². The molecule has 0 spiro atoms. The Morgan fingerprint density at radius 1 is 0.793 bits per heavy atom. The summed E-state index contributed by atoms with van der Waals surface area (Å²) in [4.78, 5) is 0. The smallest absolute Gasteiger partial charge is 0.109 e. The van der Waals surface area contributed by atoms with Gasteiger partial charge in [0, 0.05) is 65.4 Å². The molecule has 7 nitrogen and oxygen atoms in total. The minimum absolute atomic E-state index is 0.000506. The summed E-state index contributed by atoms with van der Waals surface area (Å²) in [5, 5.41) is 6.54. The van der Waals surface area contributed by atoms with Crippen LogP contribution >= 0.6 is 0 Å². The first-order chi connectivity index (χ1) is 14.1. The maximum absolute atomic E-state index is 6.11. The lowest BCUT2D eigenvalue weighted by atomic mass is 9.73. The Morgan fingerprint density at radius 3 is 1.97 bits per heavy atom. The van der Waals surface area contributed by atoms with E-state index >= 15 is 0 Å². The summed E-state index contributed by atoms with van der Waals surface area (Å²) in [5.41, 5.74) is 0. The maximum atomic E-state index is 6.11. The summed E-state index contributed by atoms with van der Waals surface area (Å²) in [7, 11) is 5.31. The lowest BCUT2D eigenvalue weighted by molar-refractivity contribution is -0.710. The van der Waals surface area contributed by atoms with Gasteiger partial charge in [0.1, 0.15) is 6.10 Å². The SMILES string of the molecule is CCOC1CC2[NH2+]CCC(NC3CC(OC)C(OC)C(OC)C3)C2CC1OCC. The van der Waals surface area contributed by atoms with Crippen LogP contribution in [0.4, 0.5) is 0 Å². The van der Waals surface area contributed by atoms with Crippen molar-refractivity contribution in [1.82, 2.24) is 5.32 Å². The molecule has 7 unspecified atom stereocenters. The molecular formula is C22H43N2O5+. The molecule has 2 saturated carbocycles. The Hall–Kier alpha value is -0.280. The summed E-state index contributed by atoms with van der Waals surface area (Å²) in [6, 6.07) is 1.51. The van der Waals surface area contributed by atoms with Crippen molar-refractivity contribution < 1.29 is 29.0 Å². The highest BCUT2D eigenvalue weighted by Gasteiger charge is 2.47. The summed E-state index contributed by atoms with van der Waals surface area (Å²) < 4.78 is 29.4. The Balaban J connectivity index is 1.66. The van der Waals surface area contributed by atoms with Crippen molar-refractivity contribution in [2.75, 3.05) is 41.1 Å². The Labute approximate surface area is 176 Å². The molecule has 1 saturated heterocycles. The van der Waals surface area contributed by atoms with Gasteiger partial charge in [-0.2, -0.15) is 0 Å². The van der Waals surface area contributed by atoms with E-state index in [9.17, 15) is 0 Å². The summed E-state index contributed by atoms with van der Waals surface area (Å²) >= 11 is 0. The maximum Gasteiger partial charge on any atom is 0.109 e. The van der Waals surface area contributed by atoms with Gasteiger partial charge >= 0.3 is 0 Å². The van der Waals surface area contributed by atoms with E-state index < -0.39 is 0 Å². The number of nitrogens with two attached hydrogens (primary N) is 1. The van der Waals surface area contributed by atoms with Crippen molar-refractivity contribution in [2.45, 2.75) is 94.6 Å². The molecule has 3 fully saturated rings. The van der Waals surface area contributed by atoms with Gasteiger partial charge < -0.3 is 34.3 Å². The number of nitrogens with one attached hydrogen (secondary N) is 1. The predicted molar refractivity (Wildman–Crippen MR) is 111 cm³/mol. The van der Waals surface area contributed by atoms with Gasteiger partial charge in [0.15, 0.2) is 0 Å². The molecule has 0 amide bonds. The fourth-order valence-corrected chi connectivity index (χ4v) is 5.98. The number of hydrogen-bond acceptors (Lipinski definition) is 6. The summed E-state index contributed by atoms with van der Waals surface area (Å²) in [5.74, 6) is 0.610. The normalized spacial score (nSPS) is 43.1. The van der Waals surface area contributed by atoms with E-state index in [-0.39, 0.29) is 30.5 Å². The van der Waals surface area contributed by atoms with E-state index in [4.69, 9.17) is 23.7 Å². The second-order valence-corrected chi connectivity index (χ2v) is 8.79. The molecule has 0 aromatic rings. The van der Waals surface area contributed by atoms with E-state index in [2.05, 4.69) is 24.5 Å². The number of quaternary nitrogens is 1. The van der Waals surface area contributed by atoms with Crippen LogP contribution in [0.5, 0.6) is 0 Å². The van der Waals surface area contributed by atoms with Crippen LogP contribution in [-0.2, 0) is 23.7 Å². The van der Waals surface area contributed by atoms with Crippen molar-refractivity contribution in [1.29, 1.82) is 0 Å². The van der Waals surface area contributed by atoms with Crippen molar-refractivity contribution >= 4 is 0 Å². The molecule has 0 aromatic carbocycles.